The predicted molar refractivity (Wildman–Crippen MR) is 125 cm³/mol. The van der Waals surface area contributed by atoms with Crippen molar-refractivity contribution in [3.05, 3.63) is 45.8 Å². The van der Waals surface area contributed by atoms with E-state index in [1.807, 2.05) is 0 Å². The van der Waals surface area contributed by atoms with Crippen LogP contribution in [0.25, 0.3) is 0 Å². The van der Waals surface area contributed by atoms with Crippen LogP contribution in [0.15, 0.2) is 29.2 Å². The van der Waals surface area contributed by atoms with E-state index in [0.717, 1.165) is 42.5 Å². The molecule has 0 radical (unpaired) electrons. The van der Waals surface area contributed by atoms with Gasteiger partial charge in [0.15, 0.2) is 0 Å². The molecule has 0 bridgehead atoms. The summed E-state index contributed by atoms with van der Waals surface area (Å²) in [4.78, 5) is 26.6. The second kappa shape index (κ2) is 9.92. The molecule has 1 amide bonds. The number of sulfonamides is 1. The molecule has 8 nitrogen and oxygen atoms in total. The molecule has 178 valence electrons. The standard InChI is InChI=1S/C23H28N2O6S2/c1-3-30-23(27)20-18-7-4-8-19(18)32-22(20)24-21(26)15-9-11-17(12-10-15)33(28,29)25(2)14-16-6-5-13-31-16/h9-12,16H,3-8,13-14H2,1-2H3,(H,24,26). The number of ether oxygens (including phenoxy) is 2. The molecule has 1 atom stereocenters. The number of rotatable bonds is 8. The summed E-state index contributed by atoms with van der Waals surface area (Å²) in [6.45, 7) is 2.96. The van der Waals surface area contributed by atoms with Crippen LogP contribution in [0.2, 0.25) is 0 Å². The van der Waals surface area contributed by atoms with E-state index in [9.17, 15) is 18.0 Å². The highest BCUT2D eigenvalue weighted by Gasteiger charge is 2.29. The molecule has 1 unspecified atom stereocenters. The van der Waals surface area contributed by atoms with Crippen molar-refractivity contribution >= 4 is 38.2 Å². The fourth-order valence-corrected chi connectivity index (χ4v) is 6.69. The summed E-state index contributed by atoms with van der Waals surface area (Å²) < 4.78 is 37.8. The first-order chi connectivity index (χ1) is 15.8. The maximum Gasteiger partial charge on any atom is 0.341 e. The third kappa shape index (κ3) is 4.98. The van der Waals surface area contributed by atoms with Crippen LogP contribution in [-0.2, 0) is 32.3 Å². The van der Waals surface area contributed by atoms with Gasteiger partial charge in [0, 0.05) is 30.6 Å². The average Bonchev–Trinajstić information content (AvgIpc) is 3.52. The number of nitrogens with one attached hydrogen (secondary N) is 1. The van der Waals surface area contributed by atoms with Gasteiger partial charge in [0.2, 0.25) is 10.0 Å². The Morgan fingerprint density at radius 1 is 1.21 bits per heavy atom. The zero-order valence-corrected chi connectivity index (χ0v) is 20.4. The second-order valence-electron chi connectivity index (χ2n) is 8.18. The van der Waals surface area contributed by atoms with Crippen molar-refractivity contribution in [2.45, 2.75) is 50.0 Å². The lowest BCUT2D eigenvalue weighted by atomic mass is 10.1. The maximum atomic E-state index is 12.9. The van der Waals surface area contributed by atoms with Crippen LogP contribution in [0.3, 0.4) is 0 Å². The monoisotopic (exact) mass is 492 g/mol. The molecule has 33 heavy (non-hydrogen) atoms. The highest BCUT2D eigenvalue weighted by molar-refractivity contribution is 7.89. The van der Waals surface area contributed by atoms with Crippen molar-refractivity contribution in [1.82, 2.24) is 4.31 Å². The summed E-state index contributed by atoms with van der Waals surface area (Å²) in [5.41, 5.74) is 1.71. The minimum Gasteiger partial charge on any atom is -0.462 e. The third-order valence-corrected chi connectivity index (χ3v) is 8.98. The van der Waals surface area contributed by atoms with E-state index in [4.69, 9.17) is 9.47 Å². The van der Waals surface area contributed by atoms with Gasteiger partial charge >= 0.3 is 5.97 Å². The predicted octanol–water partition coefficient (Wildman–Crippen LogP) is 3.47. The molecular weight excluding hydrogens is 464 g/mol. The first-order valence-corrected chi connectivity index (χ1v) is 13.4. The minimum atomic E-state index is -3.69. The first kappa shape index (κ1) is 23.9. The lowest BCUT2D eigenvalue weighted by Crippen LogP contribution is -2.34. The largest absolute Gasteiger partial charge is 0.462 e. The molecule has 0 saturated carbocycles. The van der Waals surface area contributed by atoms with Gasteiger partial charge in [0.1, 0.15) is 5.00 Å². The normalized spacial score (nSPS) is 17.8. The van der Waals surface area contributed by atoms with Crippen LogP contribution in [0.5, 0.6) is 0 Å². The number of amides is 1. The Balaban J connectivity index is 1.49. The van der Waals surface area contributed by atoms with Crippen molar-refractivity contribution in [3.63, 3.8) is 0 Å². The molecule has 1 fully saturated rings. The molecular formula is C23H28N2O6S2. The topological polar surface area (TPSA) is 102 Å². The quantitative estimate of drug-likeness (QED) is 0.566. The van der Waals surface area contributed by atoms with Crippen molar-refractivity contribution in [2.75, 3.05) is 32.1 Å². The molecule has 1 saturated heterocycles. The number of hydrogen-bond donors (Lipinski definition) is 1. The zero-order chi connectivity index (χ0) is 23.6. The number of nitrogens with zero attached hydrogens (tertiary/aromatic N) is 1. The number of thiophene rings is 1. The third-order valence-electron chi connectivity index (χ3n) is 5.94. The number of aryl methyl sites for hydroxylation is 1. The zero-order valence-electron chi connectivity index (χ0n) is 18.8. The fourth-order valence-electron chi connectivity index (χ4n) is 4.22. The van der Waals surface area contributed by atoms with E-state index in [0.29, 0.717) is 29.3 Å². The van der Waals surface area contributed by atoms with Crippen molar-refractivity contribution in [1.29, 1.82) is 0 Å². The molecule has 1 aliphatic heterocycles. The summed E-state index contributed by atoms with van der Waals surface area (Å²) in [6.07, 6.45) is 4.36. The Hall–Kier alpha value is -2.27. The van der Waals surface area contributed by atoms with Crippen LogP contribution in [0, 0.1) is 0 Å². The molecule has 1 aromatic carbocycles. The number of likely N-dealkylation sites (N-methyl/N-ethyl adjacent to an activating group) is 1. The lowest BCUT2D eigenvalue weighted by molar-refractivity contribution is 0.0527. The van der Waals surface area contributed by atoms with Crippen LogP contribution in [-0.4, -0.2) is 57.5 Å². The number of hydrogen-bond acceptors (Lipinski definition) is 7. The SMILES string of the molecule is CCOC(=O)c1c(NC(=O)c2ccc(S(=O)(=O)N(C)CC3CCCO3)cc2)sc2c1CCC2. The summed E-state index contributed by atoms with van der Waals surface area (Å²) >= 11 is 1.40. The van der Waals surface area contributed by atoms with E-state index >= 15 is 0 Å². The Morgan fingerprint density at radius 3 is 2.64 bits per heavy atom. The van der Waals surface area contributed by atoms with Gasteiger partial charge < -0.3 is 14.8 Å². The van der Waals surface area contributed by atoms with E-state index < -0.39 is 21.9 Å². The van der Waals surface area contributed by atoms with Gasteiger partial charge in [-0.05, 0) is 68.9 Å². The summed E-state index contributed by atoms with van der Waals surface area (Å²) in [5.74, 6) is -0.833. The Bertz CT molecular complexity index is 1130. The number of esters is 1. The Morgan fingerprint density at radius 2 is 1.97 bits per heavy atom. The van der Waals surface area contributed by atoms with Crippen LogP contribution in [0.4, 0.5) is 5.00 Å². The molecule has 0 spiro atoms. The Kier molecular flexibility index (Phi) is 7.18. The second-order valence-corrected chi connectivity index (χ2v) is 11.3. The van der Waals surface area contributed by atoms with Crippen molar-refractivity contribution in [2.24, 2.45) is 0 Å². The molecule has 4 rings (SSSR count). The van der Waals surface area contributed by atoms with E-state index in [2.05, 4.69) is 5.32 Å². The van der Waals surface area contributed by atoms with Crippen molar-refractivity contribution in [3.8, 4) is 0 Å². The van der Waals surface area contributed by atoms with Gasteiger partial charge in [-0.25, -0.2) is 13.2 Å². The first-order valence-electron chi connectivity index (χ1n) is 11.1. The smallest absolute Gasteiger partial charge is 0.341 e. The molecule has 1 aromatic heterocycles. The molecule has 1 aliphatic carbocycles. The lowest BCUT2D eigenvalue weighted by Gasteiger charge is -2.20. The van der Waals surface area contributed by atoms with Crippen LogP contribution < -0.4 is 5.32 Å². The summed E-state index contributed by atoms with van der Waals surface area (Å²) in [6, 6.07) is 5.81. The van der Waals surface area contributed by atoms with Gasteiger partial charge in [-0.1, -0.05) is 0 Å². The van der Waals surface area contributed by atoms with Gasteiger partial charge in [0.05, 0.1) is 23.2 Å². The number of benzene rings is 1. The summed E-state index contributed by atoms with van der Waals surface area (Å²) in [7, 11) is -2.16. The number of fused-ring (bicyclic) bond motifs is 1. The van der Waals surface area contributed by atoms with Gasteiger partial charge in [0.25, 0.3) is 5.91 Å². The van der Waals surface area contributed by atoms with E-state index in [1.165, 1.54) is 47.0 Å². The fraction of sp³-hybridized carbons (Fsp3) is 0.478. The van der Waals surface area contributed by atoms with Crippen molar-refractivity contribution < 1.29 is 27.5 Å². The number of carbonyl (C=O) groups is 2. The average molecular weight is 493 g/mol. The maximum absolute atomic E-state index is 12.9. The molecule has 2 aromatic rings. The van der Waals surface area contributed by atoms with Crippen LogP contribution in [0.1, 0.15) is 57.3 Å². The van der Waals surface area contributed by atoms with Gasteiger partial charge in [-0.3, -0.25) is 4.79 Å². The van der Waals surface area contributed by atoms with E-state index in [1.54, 1.807) is 6.92 Å². The molecule has 10 heteroatoms. The van der Waals surface area contributed by atoms with Crippen LogP contribution >= 0.6 is 11.3 Å². The highest BCUT2D eigenvalue weighted by Crippen LogP contribution is 2.39. The summed E-state index contributed by atoms with van der Waals surface area (Å²) in [5, 5.41) is 3.31. The van der Waals surface area contributed by atoms with E-state index in [-0.39, 0.29) is 17.6 Å². The molecule has 2 heterocycles. The Labute approximate surface area is 197 Å². The number of anilines is 1. The number of carbonyl (C=O) groups excluding carboxylic acids is 2. The molecule has 1 N–H and O–H groups in total. The van der Waals surface area contributed by atoms with Gasteiger partial charge in [-0.2, -0.15) is 4.31 Å². The van der Waals surface area contributed by atoms with Gasteiger partial charge in [-0.15, -0.1) is 11.3 Å². The highest BCUT2D eigenvalue weighted by atomic mass is 32.2. The molecule has 2 aliphatic rings. The minimum absolute atomic E-state index is 0.0872.